The smallest absolute Gasteiger partial charge is 0.0614 e. The Hall–Kier alpha value is -0.0800. The van der Waals surface area contributed by atoms with Crippen LogP contribution in [0, 0.1) is 16.7 Å². The van der Waals surface area contributed by atoms with E-state index in [0.717, 1.165) is 18.9 Å². The van der Waals surface area contributed by atoms with Crippen molar-refractivity contribution in [2.24, 2.45) is 16.7 Å². The molecule has 0 saturated heterocycles. The van der Waals surface area contributed by atoms with Crippen molar-refractivity contribution in [1.29, 1.82) is 0 Å². The van der Waals surface area contributed by atoms with Crippen molar-refractivity contribution >= 4 is 0 Å². The van der Waals surface area contributed by atoms with Crippen LogP contribution in [0.15, 0.2) is 0 Å². The van der Waals surface area contributed by atoms with Gasteiger partial charge < -0.3 is 9.84 Å². The van der Waals surface area contributed by atoms with Crippen LogP contribution in [0.2, 0.25) is 0 Å². The molecule has 2 saturated carbocycles. The fourth-order valence-electron chi connectivity index (χ4n) is 3.68. The summed E-state index contributed by atoms with van der Waals surface area (Å²) in [6, 6.07) is 0. The summed E-state index contributed by atoms with van der Waals surface area (Å²) in [4.78, 5) is 0. The maximum Gasteiger partial charge on any atom is 0.0614 e. The van der Waals surface area contributed by atoms with Crippen LogP contribution in [0.25, 0.3) is 0 Å². The number of rotatable bonds is 4. The van der Waals surface area contributed by atoms with Gasteiger partial charge in [-0.2, -0.15) is 0 Å². The van der Waals surface area contributed by atoms with Crippen LogP contribution < -0.4 is 0 Å². The van der Waals surface area contributed by atoms with E-state index in [4.69, 9.17) is 9.84 Å². The van der Waals surface area contributed by atoms with E-state index in [0.29, 0.717) is 16.9 Å². The van der Waals surface area contributed by atoms with E-state index in [1.54, 1.807) is 0 Å². The van der Waals surface area contributed by atoms with Crippen molar-refractivity contribution in [3.63, 3.8) is 0 Å². The quantitative estimate of drug-likeness (QED) is 0.726. The van der Waals surface area contributed by atoms with Crippen molar-refractivity contribution in [3.8, 4) is 0 Å². The van der Waals surface area contributed by atoms with Gasteiger partial charge in [0.2, 0.25) is 0 Å². The molecule has 2 heteroatoms. The highest BCUT2D eigenvalue weighted by atomic mass is 16.5. The zero-order valence-electron chi connectivity index (χ0n) is 10.3. The Balaban J connectivity index is 1.96. The van der Waals surface area contributed by atoms with Gasteiger partial charge in [0.15, 0.2) is 0 Å². The molecule has 88 valence electrons. The van der Waals surface area contributed by atoms with Crippen LogP contribution in [0.5, 0.6) is 0 Å². The Bertz CT molecular complexity index is 234. The van der Waals surface area contributed by atoms with E-state index in [2.05, 4.69) is 20.8 Å². The monoisotopic (exact) mass is 212 g/mol. The molecule has 1 N–H and O–H groups in total. The van der Waals surface area contributed by atoms with Gasteiger partial charge in [-0.05, 0) is 42.4 Å². The molecule has 2 bridgehead atoms. The Morgan fingerprint density at radius 2 is 2.07 bits per heavy atom. The van der Waals surface area contributed by atoms with Crippen LogP contribution in [-0.2, 0) is 4.74 Å². The maximum atomic E-state index is 8.75. The van der Waals surface area contributed by atoms with Crippen molar-refractivity contribution in [2.45, 2.75) is 52.6 Å². The van der Waals surface area contributed by atoms with Gasteiger partial charge in [0.1, 0.15) is 0 Å². The number of hydrogen-bond donors (Lipinski definition) is 1. The Kier molecular flexibility index (Phi) is 2.85. The van der Waals surface area contributed by atoms with Gasteiger partial charge in [0.05, 0.1) is 6.10 Å². The minimum Gasteiger partial charge on any atom is -0.396 e. The van der Waals surface area contributed by atoms with Crippen molar-refractivity contribution in [2.75, 3.05) is 13.2 Å². The summed E-state index contributed by atoms with van der Waals surface area (Å²) in [7, 11) is 0. The lowest BCUT2D eigenvalue weighted by Crippen LogP contribution is -2.27. The van der Waals surface area contributed by atoms with Crippen LogP contribution in [0.1, 0.15) is 46.5 Å². The van der Waals surface area contributed by atoms with E-state index in [1.807, 2.05) is 0 Å². The zero-order valence-corrected chi connectivity index (χ0v) is 10.3. The normalized spacial score (nSPS) is 42.4. The molecule has 0 aromatic heterocycles. The first-order valence-electron chi connectivity index (χ1n) is 6.24. The third-order valence-electron chi connectivity index (χ3n) is 5.22. The molecule has 0 aliphatic heterocycles. The number of aliphatic hydroxyl groups excluding tert-OH is 1. The van der Waals surface area contributed by atoms with E-state index >= 15 is 0 Å². The lowest BCUT2D eigenvalue weighted by molar-refractivity contribution is -0.000521. The average Bonchev–Trinajstić information content (AvgIpc) is 2.49. The summed E-state index contributed by atoms with van der Waals surface area (Å²) < 4.78 is 5.92. The zero-order chi connectivity index (χ0) is 11.1. The molecule has 0 radical (unpaired) electrons. The van der Waals surface area contributed by atoms with Gasteiger partial charge >= 0.3 is 0 Å². The van der Waals surface area contributed by atoms with Crippen molar-refractivity contribution < 1.29 is 9.84 Å². The first kappa shape index (κ1) is 11.4. The second-order valence-electron chi connectivity index (χ2n) is 6.12. The number of ether oxygens (including phenoxy) is 1. The van der Waals surface area contributed by atoms with Crippen molar-refractivity contribution in [3.05, 3.63) is 0 Å². The van der Waals surface area contributed by atoms with Gasteiger partial charge in [-0.15, -0.1) is 0 Å². The Labute approximate surface area is 93.0 Å². The highest BCUT2D eigenvalue weighted by Gasteiger charge is 2.60. The summed E-state index contributed by atoms with van der Waals surface area (Å²) in [6.07, 6.45) is 5.14. The topological polar surface area (TPSA) is 29.5 Å². The first-order chi connectivity index (χ1) is 7.01. The van der Waals surface area contributed by atoms with Gasteiger partial charge in [0, 0.05) is 13.2 Å². The molecule has 0 heterocycles. The van der Waals surface area contributed by atoms with Crippen LogP contribution in [0.4, 0.5) is 0 Å². The maximum absolute atomic E-state index is 8.75. The minimum atomic E-state index is 0.248. The standard InChI is InChI=1S/C13H24O2/c1-12(2)10-5-6-13(12,3)9-11(10)15-8-4-7-14/h10-11,14H,4-9H2,1-3H3. The largest absolute Gasteiger partial charge is 0.396 e. The number of aliphatic hydroxyl groups is 1. The number of fused-ring (bicyclic) bond motifs is 2. The molecule has 0 spiro atoms. The van der Waals surface area contributed by atoms with Gasteiger partial charge in [0.25, 0.3) is 0 Å². The van der Waals surface area contributed by atoms with Crippen LogP contribution >= 0.6 is 0 Å². The van der Waals surface area contributed by atoms with Gasteiger partial charge in [-0.3, -0.25) is 0 Å². The van der Waals surface area contributed by atoms with E-state index in [9.17, 15) is 0 Å². The fraction of sp³-hybridized carbons (Fsp3) is 1.00. The predicted molar refractivity (Wildman–Crippen MR) is 60.7 cm³/mol. The molecule has 2 fully saturated rings. The van der Waals surface area contributed by atoms with Crippen LogP contribution in [0.3, 0.4) is 0 Å². The molecule has 2 aliphatic carbocycles. The SMILES string of the molecule is CC12CCC(C(OCCCO)C1)C2(C)C. The fourth-order valence-corrected chi connectivity index (χ4v) is 3.68. The molecule has 3 unspecified atom stereocenters. The Morgan fingerprint density at radius 1 is 1.33 bits per heavy atom. The summed E-state index contributed by atoms with van der Waals surface area (Å²) >= 11 is 0. The average molecular weight is 212 g/mol. The second-order valence-corrected chi connectivity index (χ2v) is 6.12. The van der Waals surface area contributed by atoms with Gasteiger partial charge in [-0.1, -0.05) is 20.8 Å². The lowest BCUT2D eigenvalue weighted by Gasteiger charge is -2.33. The molecular weight excluding hydrogens is 188 g/mol. The third-order valence-corrected chi connectivity index (χ3v) is 5.22. The Morgan fingerprint density at radius 3 is 2.53 bits per heavy atom. The molecule has 0 aromatic rings. The second kappa shape index (κ2) is 3.74. The molecule has 15 heavy (non-hydrogen) atoms. The minimum absolute atomic E-state index is 0.248. The summed E-state index contributed by atoms with van der Waals surface area (Å²) in [5.41, 5.74) is 0.929. The molecular formula is C13H24O2. The lowest BCUT2D eigenvalue weighted by atomic mass is 9.71. The summed E-state index contributed by atoms with van der Waals surface area (Å²) in [5, 5.41) is 8.75. The van der Waals surface area contributed by atoms with Crippen LogP contribution in [-0.4, -0.2) is 24.4 Å². The number of hydrogen-bond acceptors (Lipinski definition) is 2. The van der Waals surface area contributed by atoms with E-state index < -0.39 is 0 Å². The van der Waals surface area contributed by atoms with E-state index in [-0.39, 0.29) is 6.61 Å². The molecule has 2 rings (SSSR count). The van der Waals surface area contributed by atoms with E-state index in [1.165, 1.54) is 19.3 Å². The molecule has 2 aliphatic rings. The highest BCUT2D eigenvalue weighted by Crippen LogP contribution is 2.66. The molecule has 2 nitrogen and oxygen atoms in total. The molecule has 0 amide bonds. The van der Waals surface area contributed by atoms with Crippen molar-refractivity contribution in [1.82, 2.24) is 0 Å². The van der Waals surface area contributed by atoms with Gasteiger partial charge in [-0.25, -0.2) is 0 Å². The predicted octanol–water partition coefficient (Wildman–Crippen LogP) is 2.60. The first-order valence-corrected chi connectivity index (χ1v) is 6.24. The molecule has 3 atom stereocenters. The molecule has 0 aromatic carbocycles. The highest BCUT2D eigenvalue weighted by molar-refractivity contribution is 5.10. The summed E-state index contributed by atoms with van der Waals surface area (Å²) in [6.45, 7) is 8.20. The summed E-state index contributed by atoms with van der Waals surface area (Å²) in [5.74, 6) is 0.737. The third kappa shape index (κ3) is 1.62.